The number of hydrogen-bond donors (Lipinski definition) is 2. The second kappa shape index (κ2) is 9.84. The van der Waals surface area contributed by atoms with Gasteiger partial charge in [-0.15, -0.1) is 0 Å². The normalized spacial score (nSPS) is 10.6. The summed E-state index contributed by atoms with van der Waals surface area (Å²) in [7, 11) is 1.50. The molecule has 1 aromatic heterocycles. The van der Waals surface area contributed by atoms with Crippen LogP contribution < -0.4 is 15.4 Å². The topological polar surface area (TPSA) is 93.5 Å². The molecule has 9 heteroatoms. The molecule has 0 aliphatic rings. The van der Waals surface area contributed by atoms with Crippen LogP contribution in [0.4, 0.5) is 14.5 Å². The highest BCUT2D eigenvalue weighted by atomic mass is 19.1. The van der Waals surface area contributed by atoms with Crippen molar-refractivity contribution >= 4 is 17.5 Å². The van der Waals surface area contributed by atoms with Crippen LogP contribution in [0.1, 0.15) is 17.9 Å². The monoisotopic (exact) mass is 429 g/mol. The summed E-state index contributed by atoms with van der Waals surface area (Å²) in [6, 6.07) is 8.83. The molecule has 0 aliphatic heterocycles. The number of ether oxygens (including phenoxy) is 1. The van der Waals surface area contributed by atoms with E-state index in [1.165, 1.54) is 19.4 Å². The third-order valence-electron chi connectivity index (χ3n) is 4.40. The Morgan fingerprint density at radius 1 is 1.13 bits per heavy atom. The summed E-state index contributed by atoms with van der Waals surface area (Å²) in [6.07, 6.45) is 1.30. The van der Waals surface area contributed by atoms with Crippen LogP contribution in [0.5, 0.6) is 5.75 Å². The number of carbonyl (C=O) groups excluding carboxylic acids is 2. The lowest BCUT2D eigenvalue weighted by atomic mass is 10.1. The molecular weight excluding hydrogens is 408 g/mol. The van der Waals surface area contributed by atoms with Gasteiger partial charge in [0.1, 0.15) is 17.4 Å². The highest BCUT2D eigenvalue weighted by Gasteiger charge is 2.16. The van der Waals surface area contributed by atoms with Crippen molar-refractivity contribution in [2.45, 2.75) is 19.8 Å². The Morgan fingerprint density at radius 2 is 1.87 bits per heavy atom. The van der Waals surface area contributed by atoms with Crippen LogP contribution >= 0.6 is 0 Å². The van der Waals surface area contributed by atoms with Gasteiger partial charge in [-0.25, -0.2) is 13.8 Å². The van der Waals surface area contributed by atoms with Crippen LogP contribution in [0.25, 0.3) is 11.3 Å². The summed E-state index contributed by atoms with van der Waals surface area (Å²) in [5.74, 6) is -1.74. The smallest absolute Gasteiger partial charge is 0.243 e. The Labute approximate surface area is 177 Å². The van der Waals surface area contributed by atoms with E-state index in [0.29, 0.717) is 11.4 Å². The first-order valence-electron chi connectivity index (χ1n) is 9.47. The number of methoxy groups -OCH3 is 1. The van der Waals surface area contributed by atoms with E-state index in [9.17, 15) is 18.4 Å². The summed E-state index contributed by atoms with van der Waals surface area (Å²) in [4.78, 5) is 28.1. The van der Waals surface area contributed by atoms with E-state index in [1.54, 1.807) is 12.1 Å². The van der Waals surface area contributed by atoms with Crippen LogP contribution in [-0.4, -0.2) is 30.5 Å². The zero-order chi connectivity index (χ0) is 22.4. The van der Waals surface area contributed by atoms with Gasteiger partial charge >= 0.3 is 0 Å². The molecule has 2 amide bonds. The van der Waals surface area contributed by atoms with Crippen LogP contribution in [0.3, 0.4) is 0 Å². The molecule has 3 rings (SSSR count). The predicted molar refractivity (Wildman–Crippen MR) is 110 cm³/mol. The van der Waals surface area contributed by atoms with Gasteiger partial charge in [0, 0.05) is 12.8 Å². The van der Waals surface area contributed by atoms with Gasteiger partial charge in [-0.3, -0.25) is 9.59 Å². The van der Waals surface area contributed by atoms with E-state index >= 15 is 0 Å². The standard InChI is InChI=1S/C22H21F2N3O4/c1-13-6-7-17(30-2)16(10-13)27-20(29)12-25-19(28)8-9-21-26-11-18(31-21)22-14(23)4-3-5-15(22)24/h3-7,10-11H,8-9,12H2,1-2H3,(H,25,28)(H,27,29). The number of nitrogens with zero attached hydrogens (tertiary/aromatic N) is 1. The third-order valence-corrected chi connectivity index (χ3v) is 4.40. The lowest BCUT2D eigenvalue weighted by molar-refractivity contribution is -0.124. The summed E-state index contributed by atoms with van der Waals surface area (Å²) < 4.78 is 38.2. The zero-order valence-electron chi connectivity index (χ0n) is 17.0. The minimum Gasteiger partial charge on any atom is -0.495 e. The van der Waals surface area contributed by atoms with Gasteiger partial charge in [0.2, 0.25) is 11.8 Å². The number of carbonyl (C=O) groups is 2. The average molecular weight is 429 g/mol. The number of benzene rings is 2. The van der Waals surface area contributed by atoms with Crippen LogP contribution in [-0.2, 0) is 16.0 Å². The fourth-order valence-corrected chi connectivity index (χ4v) is 2.88. The minimum atomic E-state index is -0.767. The number of halogens is 2. The van der Waals surface area contributed by atoms with E-state index in [0.717, 1.165) is 17.7 Å². The second-order valence-electron chi connectivity index (χ2n) is 6.74. The van der Waals surface area contributed by atoms with E-state index in [-0.39, 0.29) is 36.6 Å². The molecule has 1 heterocycles. The highest BCUT2D eigenvalue weighted by Crippen LogP contribution is 2.27. The maximum atomic E-state index is 13.8. The van der Waals surface area contributed by atoms with Gasteiger partial charge in [-0.2, -0.15) is 0 Å². The number of rotatable bonds is 8. The van der Waals surface area contributed by atoms with E-state index < -0.39 is 23.4 Å². The molecule has 162 valence electrons. The maximum Gasteiger partial charge on any atom is 0.243 e. The number of aromatic nitrogens is 1. The molecule has 0 fully saturated rings. The van der Waals surface area contributed by atoms with Crippen LogP contribution in [0, 0.1) is 18.6 Å². The first-order chi connectivity index (χ1) is 14.9. The molecule has 0 saturated heterocycles. The Kier molecular flexibility index (Phi) is 6.96. The summed E-state index contributed by atoms with van der Waals surface area (Å²) >= 11 is 0. The van der Waals surface area contributed by atoms with Gasteiger partial charge in [0.25, 0.3) is 0 Å². The van der Waals surface area contributed by atoms with Gasteiger partial charge in [-0.1, -0.05) is 12.1 Å². The van der Waals surface area contributed by atoms with Gasteiger partial charge < -0.3 is 19.8 Å². The molecule has 0 bridgehead atoms. The number of oxazole rings is 1. The second-order valence-corrected chi connectivity index (χ2v) is 6.74. The largest absolute Gasteiger partial charge is 0.495 e. The van der Waals surface area contributed by atoms with Crippen molar-refractivity contribution in [3.63, 3.8) is 0 Å². The quantitative estimate of drug-likeness (QED) is 0.571. The van der Waals surface area contributed by atoms with E-state index in [4.69, 9.17) is 9.15 Å². The Hall–Kier alpha value is -3.75. The molecule has 0 aliphatic carbocycles. The summed E-state index contributed by atoms with van der Waals surface area (Å²) in [5.41, 5.74) is 1.14. The van der Waals surface area contributed by atoms with Crippen molar-refractivity contribution in [3.8, 4) is 17.1 Å². The van der Waals surface area contributed by atoms with Crippen molar-refractivity contribution < 1.29 is 27.5 Å². The summed E-state index contributed by atoms with van der Waals surface area (Å²) in [5, 5.41) is 5.18. The molecule has 2 aromatic carbocycles. The first kappa shape index (κ1) is 21.9. The van der Waals surface area contributed by atoms with Crippen molar-refractivity contribution in [1.29, 1.82) is 0 Å². The van der Waals surface area contributed by atoms with E-state index in [1.807, 2.05) is 13.0 Å². The Bertz CT molecular complexity index is 1080. The Balaban J connectivity index is 1.49. The lowest BCUT2D eigenvalue weighted by Gasteiger charge is -2.11. The van der Waals surface area contributed by atoms with Crippen molar-refractivity contribution in [1.82, 2.24) is 10.3 Å². The number of nitrogens with one attached hydrogen (secondary N) is 2. The molecule has 7 nitrogen and oxygen atoms in total. The molecule has 31 heavy (non-hydrogen) atoms. The third kappa shape index (κ3) is 5.65. The number of hydrogen-bond acceptors (Lipinski definition) is 5. The maximum absolute atomic E-state index is 13.8. The van der Waals surface area contributed by atoms with Crippen molar-refractivity contribution in [2.75, 3.05) is 19.0 Å². The fourth-order valence-electron chi connectivity index (χ4n) is 2.88. The van der Waals surface area contributed by atoms with Gasteiger partial charge in [-0.05, 0) is 36.8 Å². The molecule has 2 N–H and O–H groups in total. The van der Waals surface area contributed by atoms with Crippen LogP contribution in [0.15, 0.2) is 47.0 Å². The van der Waals surface area contributed by atoms with Gasteiger partial charge in [0.15, 0.2) is 11.7 Å². The first-order valence-corrected chi connectivity index (χ1v) is 9.47. The summed E-state index contributed by atoms with van der Waals surface area (Å²) in [6.45, 7) is 1.65. The van der Waals surface area contributed by atoms with Crippen molar-refractivity contribution in [3.05, 3.63) is 65.7 Å². The zero-order valence-corrected chi connectivity index (χ0v) is 17.0. The molecule has 0 spiro atoms. The lowest BCUT2D eigenvalue weighted by Crippen LogP contribution is -2.33. The predicted octanol–water partition coefficient (Wildman–Crippen LogP) is 3.62. The van der Waals surface area contributed by atoms with Gasteiger partial charge in [0.05, 0.1) is 31.1 Å². The number of amides is 2. The number of aryl methyl sites for hydroxylation is 2. The average Bonchev–Trinajstić information content (AvgIpc) is 3.19. The fraction of sp³-hybridized carbons (Fsp3) is 0.227. The molecule has 0 atom stereocenters. The van der Waals surface area contributed by atoms with E-state index in [2.05, 4.69) is 15.6 Å². The molecule has 0 unspecified atom stereocenters. The minimum absolute atomic E-state index is 0.0131. The van der Waals surface area contributed by atoms with Crippen molar-refractivity contribution in [2.24, 2.45) is 0 Å². The molecular formula is C22H21F2N3O4. The molecule has 3 aromatic rings. The van der Waals surface area contributed by atoms with Crippen LogP contribution in [0.2, 0.25) is 0 Å². The number of anilines is 1. The Morgan fingerprint density at radius 3 is 2.58 bits per heavy atom. The highest BCUT2D eigenvalue weighted by molar-refractivity contribution is 5.95. The molecule has 0 saturated carbocycles. The SMILES string of the molecule is COc1ccc(C)cc1NC(=O)CNC(=O)CCc1ncc(-c2c(F)cccc2F)o1. The molecule has 0 radical (unpaired) electrons.